The second kappa shape index (κ2) is 22.0. The smallest absolute Gasteiger partial charge is 0.129 e. The molecule has 1 aromatic rings. The maximum Gasteiger partial charge on any atom is 0.129 e. The van der Waals surface area contributed by atoms with Gasteiger partial charge in [-0.2, -0.15) is 0 Å². The number of nitrogens with two attached hydrogens (primary N) is 2. The molecule has 0 radical (unpaired) electrons. The van der Waals surface area contributed by atoms with Gasteiger partial charge in [0.05, 0.1) is 0 Å². The number of aromatic nitrogens is 2. The first kappa shape index (κ1) is 27.2. The van der Waals surface area contributed by atoms with E-state index in [1.54, 1.807) is 6.08 Å². The average molecular weight is 391 g/mol. The molecule has 0 unspecified atom stereocenters. The van der Waals surface area contributed by atoms with Crippen molar-refractivity contribution < 1.29 is 0 Å². The number of aromatic amines is 1. The van der Waals surface area contributed by atoms with E-state index in [2.05, 4.69) is 44.7 Å². The number of aryl methyl sites for hydroxylation is 1. The third-order valence-corrected chi connectivity index (χ3v) is 3.30. The molecule has 0 bridgehead atoms. The quantitative estimate of drug-likeness (QED) is 0.197. The first-order chi connectivity index (χ1) is 12.3. The molecule has 0 aromatic carbocycles. The van der Waals surface area contributed by atoms with Crippen molar-refractivity contribution in [1.29, 1.82) is 0 Å². The summed E-state index contributed by atoms with van der Waals surface area (Å²) < 4.78 is 0. The molecule has 0 amide bonds. The van der Waals surface area contributed by atoms with Gasteiger partial charge in [-0.05, 0) is 12.5 Å². The summed E-state index contributed by atoms with van der Waals surface area (Å²) >= 11 is 0. The minimum absolute atomic E-state index is 0. The molecule has 8 nitrogen and oxygen atoms in total. The summed E-state index contributed by atoms with van der Waals surface area (Å²) in [7, 11) is 0. The Labute approximate surface area is 164 Å². The molecular formula is C17H39ClN8. The molecule has 154 valence electrons. The van der Waals surface area contributed by atoms with E-state index in [9.17, 15) is 0 Å². The Balaban J connectivity index is 0. The average Bonchev–Trinajstić information content (AvgIpc) is 3.11. The fraction of sp³-hybridized carbons (Fsp3) is 0.706. The normalized spacial score (nSPS) is 9.96. The third-order valence-electron chi connectivity index (χ3n) is 3.30. The molecule has 9 N–H and O–H groups in total. The number of rotatable bonds is 15. The Morgan fingerprint density at radius 1 is 0.923 bits per heavy atom. The second-order valence-corrected chi connectivity index (χ2v) is 5.43. The lowest BCUT2D eigenvalue weighted by atomic mass is 10.4. The van der Waals surface area contributed by atoms with Crippen molar-refractivity contribution in [3.63, 3.8) is 0 Å². The van der Waals surface area contributed by atoms with Crippen molar-refractivity contribution in [3.8, 4) is 0 Å². The van der Waals surface area contributed by atoms with Crippen LogP contribution in [0.1, 0.15) is 18.4 Å². The predicted octanol–water partition coefficient (Wildman–Crippen LogP) is -0.701. The van der Waals surface area contributed by atoms with Gasteiger partial charge in [-0.15, -0.1) is 12.4 Å². The highest BCUT2D eigenvalue weighted by molar-refractivity contribution is 5.85. The summed E-state index contributed by atoms with van der Waals surface area (Å²) in [4.78, 5) is 7.12. The van der Waals surface area contributed by atoms with Gasteiger partial charge in [0.2, 0.25) is 0 Å². The van der Waals surface area contributed by atoms with E-state index in [-0.39, 0.29) is 12.4 Å². The van der Waals surface area contributed by atoms with Crippen LogP contribution in [0.4, 0.5) is 0 Å². The maximum absolute atomic E-state index is 5.35. The highest BCUT2D eigenvalue weighted by atomic mass is 35.5. The Bertz CT molecular complexity index is 386. The zero-order valence-electron chi connectivity index (χ0n) is 16.2. The summed E-state index contributed by atoms with van der Waals surface area (Å²) in [5, 5.41) is 13.1. The molecule has 1 aromatic heterocycles. The Hall–Kier alpha value is -1.00. The van der Waals surface area contributed by atoms with Crippen LogP contribution in [0.5, 0.6) is 0 Å². The molecule has 9 heteroatoms. The van der Waals surface area contributed by atoms with E-state index in [0.29, 0.717) is 13.1 Å². The van der Waals surface area contributed by atoms with E-state index in [1.807, 2.05) is 6.20 Å². The molecule has 0 aliphatic rings. The number of halogens is 1. The molecule has 0 aliphatic carbocycles. The van der Waals surface area contributed by atoms with Gasteiger partial charge in [-0.3, -0.25) is 0 Å². The molecule has 26 heavy (non-hydrogen) atoms. The summed E-state index contributed by atoms with van der Waals surface area (Å²) in [5.41, 5.74) is 11.9. The Kier molecular flexibility index (Phi) is 23.1. The van der Waals surface area contributed by atoms with Crippen molar-refractivity contribution in [2.75, 3.05) is 65.4 Å². The van der Waals surface area contributed by atoms with Crippen LogP contribution < -0.4 is 32.7 Å². The van der Waals surface area contributed by atoms with Crippen molar-refractivity contribution in [3.05, 3.63) is 24.3 Å². The van der Waals surface area contributed by atoms with Gasteiger partial charge in [-0.1, -0.05) is 13.5 Å². The van der Waals surface area contributed by atoms with Gasteiger partial charge in [0.25, 0.3) is 0 Å². The van der Waals surface area contributed by atoms with E-state index < -0.39 is 0 Å². The van der Waals surface area contributed by atoms with E-state index >= 15 is 0 Å². The standard InChI is InChI=1S/C10H28N6.C7H10N2.ClH/c11-1-3-13-5-7-15-9-10-16-8-6-14-4-2-12;1-3-6-5-8-7(4-2)9-6;/h13-16H,1-12H2;4-5H,2-3H2,1H3,(H,8,9);1H. The number of H-pyrrole nitrogens is 1. The summed E-state index contributed by atoms with van der Waals surface area (Å²) in [6.45, 7) is 14.8. The Morgan fingerprint density at radius 3 is 1.62 bits per heavy atom. The Morgan fingerprint density at radius 2 is 1.35 bits per heavy atom. The van der Waals surface area contributed by atoms with Gasteiger partial charge in [0, 0.05) is 77.3 Å². The van der Waals surface area contributed by atoms with Crippen LogP contribution in [-0.2, 0) is 6.42 Å². The zero-order chi connectivity index (χ0) is 18.6. The maximum atomic E-state index is 5.35. The SMILES string of the molecule is C=Cc1ncc(CC)[nH]1.Cl.NCCNCCNCCNCCNCCN. The van der Waals surface area contributed by atoms with Crippen LogP contribution in [0.25, 0.3) is 6.08 Å². The predicted molar refractivity (Wildman–Crippen MR) is 115 cm³/mol. The minimum Gasteiger partial charge on any atom is -0.342 e. The molecule has 0 saturated heterocycles. The largest absolute Gasteiger partial charge is 0.342 e. The molecule has 0 atom stereocenters. The fourth-order valence-corrected chi connectivity index (χ4v) is 1.89. The highest BCUT2D eigenvalue weighted by Crippen LogP contribution is 1.97. The van der Waals surface area contributed by atoms with Crippen LogP contribution in [-0.4, -0.2) is 75.4 Å². The van der Waals surface area contributed by atoms with Gasteiger partial charge >= 0.3 is 0 Å². The molecule has 0 fully saturated rings. The lowest BCUT2D eigenvalue weighted by molar-refractivity contribution is 0.569. The van der Waals surface area contributed by atoms with Crippen LogP contribution in [0.2, 0.25) is 0 Å². The van der Waals surface area contributed by atoms with Gasteiger partial charge in [0.1, 0.15) is 5.82 Å². The lowest BCUT2D eigenvalue weighted by Crippen LogP contribution is -2.36. The fourth-order valence-electron chi connectivity index (χ4n) is 1.89. The summed E-state index contributed by atoms with van der Waals surface area (Å²) in [6.07, 6.45) is 4.54. The number of nitrogens with zero attached hydrogens (tertiary/aromatic N) is 1. The monoisotopic (exact) mass is 390 g/mol. The summed E-state index contributed by atoms with van der Waals surface area (Å²) in [6, 6.07) is 0. The van der Waals surface area contributed by atoms with Crippen molar-refractivity contribution in [2.45, 2.75) is 13.3 Å². The van der Waals surface area contributed by atoms with Crippen LogP contribution in [0, 0.1) is 0 Å². The number of nitrogens with one attached hydrogen (secondary N) is 5. The van der Waals surface area contributed by atoms with Crippen molar-refractivity contribution >= 4 is 18.5 Å². The zero-order valence-corrected chi connectivity index (χ0v) is 17.0. The minimum atomic E-state index is 0. The molecular weight excluding hydrogens is 352 g/mol. The second-order valence-electron chi connectivity index (χ2n) is 5.43. The third kappa shape index (κ3) is 17.8. The molecule has 1 rings (SSSR count). The molecule has 1 heterocycles. The van der Waals surface area contributed by atoms with Crippen molar-refractivity contribution in [1.82, 2.24) is 31.2 Å². The number of hydrogen-bond donors (Lipinski definition) is 7. The molecule has 0 aliphatic heterocycles. The molecule has 0 spiro atoms. The van der Waals surface area contributed by atoms with Gasteiger partial charge in [-0.25, -0.2) is 4.98 Å². The van der Waals surface area contributed by atoms with E-state index in [1.165, 1.54) is 0 Å². The van der Waals surface area contributed by atoms with Crippen LogP contribution in [0.3, 0.4) is 0 Å². The van der Waals surface area contributed by atoms with Gasteiger partial charge in [0.15, 0.2) is 0 Å². The first-order valence-electron chi connectivity index (χ1n) is 9.17. The van der Waals surface area contributed by atoms with Crippen LogP contribution >= 0.6 is 12.4 Å². The first-order valence-corrected chi connectivity index (χ1v) is 9.17. The topological polar surface area (TPSA) is 129 Å². The lowest BCUT2D eigenvalue weighted by Gasteiger charge is -2.07. The molecule has 0 saturated carbocycles. The van der Waals surface area contributed by atoms with E-state index in [0.717, 1.165) is 70.3 Å². The number of hydrogen-bond acceptors (Lipinski definition) is 7. The number of imidazole rings is 1. The highest BCUT2D eigenvalue weighted by Gasteiger charge is 1.91. The summed E-state index contributed by atoms with van der Waals surface area (Å²) in [5.74, 6) is 0.854. The van der Waals surface area contributed by atoms with Crippen molar-refractivity contribution in [2.24, 2.45) is 11.5 Å². The van der Waals surface area contributed by atoms with Crippen LogP contribution in [0.15, 0.2) is 12.8 Å². The van der Waals surface area contributed by atoms with E-state index in [4.69, 9.17) is 11.5 Å². The van der Waals surface area contributed by atoms with Gasteiger partial charge < -0.3 is 37.7 Å².